The van der Waals surface area contributed by atoms with Gasteiger partial charge in [-0.2, -0.15) is 0 Å². The van der Waals surface area contributed by atoms with Crippen molar-refractivity contribution < 1.29 is 19.4 Å². The molecule has 0 radical (unpaired) electrons. The average molecular weight is 396 g/mol. The van der Waals surface area contributed by atoms with Gasteiger partial charge in [0.15, 0.2) is 14.1 Å². The van der Waals surface area contributed by atoms with Crippen LogP contribution < -0.4 is 0 Å². The first-order valence-corrected chi connectivity index (χ1v) is 12.2. The van der Waals surface area contributed by atoms with Crippen LogP contribution in [0.2, 0.25) is 18.1 Å². The van der Waals surface area contributed by atoms with Crippen molar-refractivity contribution in [2.45, 2.75) is 63.3 Å². The summed E-state index contributed by atoms with van der Waals surface area (Å²) in [6.45, 7) is 10.5. The number of hydrogen-bond donors (Lipinski definition) is 2. The lowest BCUT2D eigenvalue weighted by Crippen LogP contribution is -2.48. The number of aliphatic imine (C=N–C) groups is 1. The van der Waals surface area contributed by atoms with Gasteiger partial charge >= 0.3 is 0 Å². The zero-order chi connectivity index (χ0) is 20.4. The van der Waals surface area contributed by atoms with Crippen LogP contribution in [0.5, 0.6) is 0 Å². The molecule has 152 valence electrons. The van der Waals surface area contributed by atoms with Gasteiger partial charge in [-0.1, -0.05) is 26.8 Å². The Morgan fingerprint density at radius 3 is 2.48 bits per heavy atom. The van der Waals surface area contributed by atoms with Gasteiger partial charge < -0.3 is 24.3 Å². The van der Waals surface area contributed by atoms with Gasteiger partial charge in [-0.3, -0.25) is 0 Å². The molecule has 1 saturated heterocycles. The lowest BCUT2D eigenvalue weighted by atomic mass is 10.0. The molecule has 1 aromatic rings. The molecule has 0 spiro atoms. The number of aliphatic hydroxyl groups excluding tert-OH is 2. The standard InChI is InChI=1S/C19H33N3O4Si/c1-19(2,3)27(6,7)26-18-16(24)14(11-23)25-17(18)13-8-9-15(20-10-13)21-12-22(4)5/h8-10,12,14,16-18,23-24H,11H2,1-7H3/t14-,16-,17+,18-/m1/s1. The molecule has 0 unspecified atom stereocenters. The van der Waals surface area contributed by atoms with Crippen LogP contribution in [0.25, 0.3) is 0 Å². The summed E-state index contributed by atoms with van der Waals surface area (Å²) in [5.74, 6) is 0.589. The Kier molecular flexibility index (Phi) is 6.80. The molecule has 2 heterocycles. The summed E-state index contributed by atoms with van der Waals surface area (Å²) in [5, 5.41) is 20.2. The van der Waals surface area contributed by atoms with Gasteiger partial charge in [-0.15, -0.1) is 0 Å². The smallest absolute Gasteiger partial charge is 0.192 e. The van der Waals surface area contributed by atoms with E-state index in [2.05, 4.69) is 43.8 Å². The number of hydrogen-bond acceptors (Lipinski definition) is 6. The molecule has 1 aliphatic heterocycles. The summed E-state index contributed by atoms with van der Waals surface area (Å²) in [7, 11) is 1.65. The van der Waals surface area contributed by atoms with E-state index in [9.17, 15) is 10.2 Å². The second-order valence-corrected chi connectivity index (χ2v) is 13.5. The van der Waals surface area contributed by atoms with Gasteiger partial charge in [0.1, 0.15) is 24.4 Å². The summed E-state index contributed by atoms with van der Waals surface area (Å²) in [6.07, 6.45) is 0.799. The number of rotatable bonds is 6. The summed E-state index contributed by atoms with van der Waals surface area (Å²) in [6, 6.07) is 3.69. The zero-order valence-corrected chi connectivity index (χ0v) is 18.4. The van der Waals surface area contributed by atoms with Crippen LogP contribution in [0.15, 0.2) is 23.3 Å². The summed E-state index contributed by atoms with van der Waals surface area (Å²) < 4.78 is 12.4. The number of nitrogens with zero attached hydrogens (tertiary/aromatic N) is 3. The first kappa shape index (κ1) is 22.0. The number of pyridine rings is 1. The van der Waals surface area contributed by atoms with Crippen molar-refractivity contribution in [3.05, 3.63) is 23.9 Å². The Morgan fingerprint density at radius 1 is 1.33 bits per heavy atom. The molecule has 4 atom stereocenters. The minimum Gasteiger partial charge on any atom is -0.408 e. The summed E-state index contributed by atoms with van der Waals surface area (Å²) in [4.78, 5) is 10.5. The van der Waals surface area contributed by atoms with E-state index in [1.54, 1.807) is 18.6 Å². The lowest BCUT2D eigenvalue weighted by molar-refractivity contribution is -0.0228. The van der Waals surface area contributed by atoms with Gasteiger partial charge in [0.25, 0.3) is 0 Å². The highest BCUT2D eigenvalue weighted by Crippen LogP contribution is 2.43. The molecule has 27 heavy (non-hydrogen) atoms. The van der Waals surface area contributed by atoms with Crippen molar-refractivity contribution in [2.75, 3.05) is 20.7 Å². The fraction of sp³-hybridized carbons (Fsp3) is 0.684. The highest BCUT2D eigenvalue weighted by molar-refractivity contribution is 6.74. The van der Waals surface area contributed by atoms with Crippen molar-refractivity contribution in [2.24, 2.45) is 4.99 Å². The second kappa shape index (κ2) is 8.36. The fourth-order valence-corrected chi connectivity index (χ4v) is 3.92. The molecular weight excluding hydrogens is 362 g/mol. The zero-order valence-electron chi connectivity index (χ0n) is 17.4. The third-order valence-electron chi connectivity index (χ3n) is 5.27. The predicted molar refractivity (Wildman–Crippen MR) is 109 cm³/mol. The molecule has 7 nitrogen and oxygen atoms in total. The molecule has 1 aromatic heterocycles. The van der Waals surface area contributed by atoms with Crippen LogP contribution in [0.3, 0.4) is 0 Å². The topological polar surface area (TPSA) is 87.4 Å². The maximum absolute atomic E-state index is 10.7. The molecule has 1 fully saturated rings. The number of ether oxygens (including phenoxy) is 1. The second-order valence-electron chi connectivity index (χ2n) is 8.77. The van der Waals surface area contributed by atoms with Crippen molar-refractivity contribution in [3.63, 3.8) is 0 Å². The van der Waals surface area contributed by atoms with Crippen LogP contribution in [0, 0.1) is 0 Å². The van der Waals surface area contributed by atoms with E-state index in [0.29, 0.717) is 5.82 Å². The van der Waals surface area contributed by atoms with Crippen molar-refractivity contribution >= 4 is 20.5 Å². The minimum absolute atomic E-state index is 0.00241. The van der Waals surface area contributed by atoms with Crippen LogP contribution in [-0.4, -0.2) is 73.8 Å². The van der Waals surface area contributed by atoms with Gasteiger partial charge in [0, 0.05) is 25.9 Å². The van der Waals surface area contributed by atoms with E-state index in [1.165, 1.54) is 0 Å². The van der Waals surface area contributed by atoms with Crippen molar-refractivity contribution in [1.29, 1.82) is 0 Å². The van der Waals surface area contributed by atoms with E-state index in [0.717, 1.165) is 5.56 Å². The summed E-state index contributed by atoms with van der Waals surface area (Å²) in [5.41, 5.74) is 0.803. The SMILES string of the molecule is CN(C)C=Nc1ccc([C@@H]2O[C@H](CO)[C@@H](O)[C@H]2O[Si](C)(C)C(C)(C)C)cn1. The molecule has 8 heteroatoms. The average Bonchev–Trinajstić information content (AvgIpc) is 2.88. The third-order valence-corrected chi connectivity index (χ3v) is 9.75. The van der Waals surface area contributed by atoms with E-state index in [4.69, 9.17) is 9.16 Å². The quantitative estimate of drug-likeness (QED) is 0.437. The first-order valence-electron chi connectivity index (χ1n) is 9.25. The van der Waals surface area contributed by atoms with Crippen LogP contribution in [0.4, 0.5) is 5.82 Å². The van der Waals surface area contributed by atoms with Gasteiger partial charge in [-0.05, 0) is 24.2 Å². The van der Waals surface area contributed by atoms with E-state index in [1.807, 2.05) is 25.1 Å². The molecule has 0 amide bonds. The predicted octanol–water partition coefficient (Wildman–Crippen LogP) is 2.49. The Balaban J connectivity index is 2.26. The minimum atomic E-state index is -2.14. The molecular formula is C19H33N3O4Si. The lowest BCUT2D eigenvalue weighted by Gasteiger charge is -2.40. The Labute approximate surface area is 163 Å². The monoisotopic (exact) mass is 395 g/mol. The highest BCUT2D eigenvalue weighted by Gasteiger charge is 2.49. The first-order chi connectivity index (χ1) is 12.5. The molecule has 2 rings (SSSR count). The number of aromatic nitrogens is 1. The Bertz CT molecular complexity index is 643. The molecule has 2 N–H and O–H groups in total. The van der Waals surface area contributed by atoms with Gasteiger partial charge in [0.2, 0.25) is 0 Å². The van der Waals surface area contributed by atoms with Gasteiger partial charge in [-0.25, -0.2) is 9.98 Å². The normalized spacial score (nSPS) is 26.7. The summed E-state index contributed by atoms with van der Waals surface area (Å²) >= 11 is 0. The molecule has 0 saturated carbocycles. The van der Waals surface area contributed by atoms with Crippen LogP contribution >= 0.6 is 0 Å². The fourth-order valence-electron chi connectivity index (χ4n) is 2.62. The van der Waals surface area contributed by atoms with E-state index < -0.39 is 32.7 Å². The van der Waals surface area contributed by atoms with E-state index in [-0.39, 0.29) is 11.6 Å². The van der Waals surface area contributed by atoms with Crippen molar-refractivity contribution in [1.82, 2.24) is 9.88 Å². The third kappa shape index (κ3) is 5.14. The van der Waals surface area contributed by atoms with Crippen LogP contribution in [-0.2, 0) is 9.16 Å². The molecule has 0 aromatic carbocycles. The maximum atomic E-state index is 10.7. The van der Waals surface area contributed by atoms with E-state index >= 15 is 0 Å². The molecule has 1 aliphatic rings. The molecule has 0 aliphatic carbocycles. The molecule has 0 bridgehead atoms. The van der Waals surface area contributed by atoms with Gasteiger partial charge in [0.05, 0.1) is 12.9 Å². The Morgan fingerprint density at radius 2 is 2.00 bits per heavy atom. The van der Waals surface area contributed by atoms with Crippen LogP contribution in [0.1, 0.15) is 32.4 Å². The maximum Gasteiger partial charge on any atom is 0.192 e. The number of aliphatic hydroxyl groups is 2. The highest BCUT2D eigenvalue weighted by atomic mass is 28.4. The largest absolute Gasteiger partial charge is 0.408 e. The Hall–Kier alpha value is -1.32. The van der Waals surface area contributed by atoms with Crippen molar-refractivity contribution in [3.8, 4) is 0 Å².